The van der Waals surface area contributed by atoms with Crippen molar-refractivity contribution in [3.63, 3.8) is 0 Å². The number of hydrogen-bond acceptors (Lipinski definition) is 9. The quantitative estimate of drug-likeness (QED) is 0.0399. The van der Waals surface area contributed by atoms with Crippen molar-refractivity contribution in [2.75, 3.05) is 0 Å². The number of unbranched alkanes of at least 4 members (excludes halogenated alkanes) is 1. The number of nitrogens with one attached hydrogen (secondary N) is 6. The molecule has 0 spiro atoms. The molecule has 1 rings (SSSR count). The molecule has 0 bridgehead atoms. The molecule has 17 nitrogen and oxygen atoms in total. The van der Waals surface area contributed by atoms with Crippen LogP contribution in [0, 0.1) is 30.6 Å². The molecule has 338 valence electrons. The number of carbonyl (C=O) groups excluding carboxylic acids is 7. The topological polar surface area (TPSA) is 266 Å². The number of terminal acetylenes is 1. The number of amides is 6. The molecule has 0 aliphatic heterocycles. The average molecular weight is 867 g/mol. The Hall–Kier alpha value is -6.00. The maximum Gasteiger partial charge on any atom is 0.391 e. The minimum Gasteiger partial charge on any atom is -0.481 e. The van der Waals surface area contributed by atoms with Gasteiger partial charge in [-0.3, -0.25) is 38.4 Å². The van der Waals surface area contributed by atoms with E-state index in [2.05, 4.69) is 32.5 Å². The van der Waals surface area contributed by atoms with Gasteiger partial charge in [0.15, 0.2) is 0 Å². The fourth-order valence-corrected chi connectivity index (χ4v) is 5.89. The molecule has 6 amide bonds. The highest BCUT2D eigenvalue weighted by Gasteiger charge is 2.39. The number of hydrogen-bond donors (Lipinski definition) is 8. The predicted octanol–water partition coefficient (Wildman–Crippen LogP) is 1.83. The van der Waals surface area contributed by atoms with E-state index in [1.165, 1.54) is 0 Å². The van der Waals surface area contributed by atoms with Gasteiger partial charge in [0.05, 0.1) is 18.9 Å². The zero-order chi connectivity index (χ0) is 46.7. The van der Waals surface area contributed by atoms with E-state index in [0.29, 0.717) is 11.1 Å². The van der Waals surface area contributed by atoms with Gasteiger partial charge in [0.1, 0.15) is 36.5 Å². The third-order valence-electron chi connectivity index (χ3n) is 9.05. The predicted molar refractivity (Wildman–Crippen MR) is 214 cm³/mol. The molecular formula is C41H57F3N6O11. The smallest absolute Gasteiger partial charge is 0.391 e. The molecule has 1 unspecified atom stereocenters. The third-order valence-corrected chi connectivity index (χ3v) is 9.05. The summed E-state index contributed by atoms with van der Waals surface area (Å²) < 4.78 is 39.1. The average Bonchev–Trinajstić information content (AvgIpc) is 3.13. The minimum absolute atomic E-state index is 0.0713. The van der Waals surface area contributed by atoms with Gasteiger partial charge in [-0.25, -0.2) is 0 Å². The van der Waals surface area contributed by atoms with Crippen LogP contribution in [0.3, 0.4) is 0 Å². The van der Waals surface area contributed by atoms with Crippen LogP contribution in [-0.4, -0.2) is 106 Å². The van der Waals surface area contributed by atoms with E-state index >= 15 is 0 Å². The van der Waals surface area contributed by atoms with Gasteiger partial charge in [-0.2, -0.15) is 13.2 Å². The Morgan fingerprint density at radius 1 is 0.754 bits per heavy atom. The number of carboxylic acids is 2. The zero-order valence-corrected chi connectivity index (χ0v) is 35.1. The standard InChI is InChI=1S/C41H57F3N6O11/c1-8-9-10-15-31(52)46-30(20-33(55)56)37(59)47-27(16-17-32(53)54)35(57)48-29(19-25-14-12-11-13-24(25)4)38(60)50-34(40(5,6)7)39(61)49-28(18-23(2)3)36(58)45-26(22-51)21-41(42,43)44/h1,11-14,22-23,26-30,34H,9-10,15-21H2,2-7H3,(H,45,58)(H,46,52)(H,47,59)(H,48,57)(H,49,61)(H,50,60)(H,53,54)(H,55,56)/t26?,27-,28-,29-,30-,34+/m0/s1. The largest absolute Gasteiger partial charge is 0.481 e. The van der Waals surface area contributed by atoms with Gasteiger partial charge in [0, 0.05) is 25.7 Å². The van der Waals surface area contributed by atoms with Crippen LogP contribution in [0.4, 0.5) is 13.2 Å². The Labute approximate surface area is 352 Å². The highest BCUT2D eigenvalue weighted by Crippen LogP contribution is 2.23. The number of benzene rings is 1. The van der Waals surface area contributed by atoms with E-state index in [4.69, 9.17) is 6.42 Å². The van der Waals surface area contributed by atoms with Crippen LogP contribution in [0.1, 0.15) is 97.1 Å². The molecule has 0 aliphatic carbocycles. The maximum atomic E-state index is 14.2. The fraction of sp³-hybridized carbons (Fsp3) is 0.585. The van der Waals surface area contributed by atoms with Crippen molar-refractivity contribution in [2.24, 2.45) is 11.3 Å². The fourth-order valence-electron chi connectivity index (χ4n) is 5.89. The van der Waals surface area contributed by atoms with Crippen LogP contribution in [0.25, 0.3) is 0 Å². The summed E-state index contributed by atoms with van der Waals surface area (Å²) in [4.78, 5) is 116. The first-order valence-electron chi connectivity index (χ1n) is 19.5. The third kappa shape index (κ3) is 20.7. The van der Waals surface area contributed by atoms with Crippen LogP contribution in [0.15, 0.2) is 24.3 Å². The number of halogens is 3. The normalized spacial score (nSPS) is 14.4. The second kappa shape index (κ2) is 24.9. The van der Waals surface area contributed by atoms with E-state index in [1.807, 2.05) is 5.32 Å². The van der Waals surface area contributed by atoms with Gasteiger partial charge in [0.2, 0.25) is 35.4 Å². The van der Waals surface area contributed by atoms with Crippen LogP contribution in [0.5, 0.6) is 0 Å². The Morgan fingerprint density at radius 2 is 1.31 bits per heavy atom. The van der Waals surface area contributed by atoms with E-state index in [0.717, 1.165) is 0 Å². The lowest BCUT2D eigenvalue weighted by molar-refractivity contribution is -0.147. The minimum atomic E-state index is -4.79. The number of rotatable bonds is 25. The number of alkyl halides is 3. The molecule has 8 N–H and O–H groups in total. The van der Waals surface area contributed by atoms with Crippen molar-refractivity contribution >= 4 is 53.7 Å². The molecule has 0 saturated carbocycles. The monoisotopic (exact) mass is 866 g/mol. The molecule has 1 aromatic carbocycles. The maximum absolute atomic E-state index is 14.2. The van der Waals surface area contributed by atoms with Crippen LogP contribution >= 0.6 is 0 Å². The number of carbonyl (C=O) groups is 9. The van der Waals surface area contributed by atoms with Crippen LogP contribution in [-0.2, 0) is 49.6 Å². The van der Waals surface area contributed by atoms with E-state index in [1.54, 1.807) is 65.8 Å². The number of aliphatic carboxylic acids is 2. The molecule has 6 atom stereocenters. The van der Waals surface area contributed by atoms with Gasteiger partial charge in [0.25, 0.3) is 0 Å². The lowest BCUT2D eigenvalue weighted by Crippen LogP contribution is -2.62. The van der Waals surface area contributed by atoms with Gasteiger partial charge in [-0.1, -0.05) is 58.9 Å². The van der Waals surface area contributed by atoms with Gasteiger partial charge >= 0.3 is 18.1 Å². The summed E-state index contributed by atoms with van der Waals surface area (Å²) in [5, 5.41) is 33.0. The molecule has 61 heavy (non-hydrogen) atoms. The first-order valence-corrected chi connectivity index (χ1v) is 19.5. The van der Waals surface area contributed by atoms with E-state index in [-0.39, 0.29) is 44.3 Å². The summed E-state index contributed by atoms with van der Waals surface area (Å²) in [5.41, 5.74) is 0.128. The molecule has 0 fully saturated rings. The van der Waals surface area contributed by atoms with Crippen molar-refractivity contribution in [2.45, 2.75) is 142 Å². The Kier molecular flexibility index (Phi) is 21.7. The van der Waals surface area contributed by atoms with Crippen molar-refractivity contribution in [1.82, 2.24) is 31.9 Å². The van der Waals surface area contributed by atoms with Crippen molar-refractivity contribution < 1.29 is 66.5 Å². The van der Waals surface area contributed by atoms with Crippen molar-refractivity contribution in [3.05, 3.63) is 35.4 Å². The van der Waals surface area contributed by atoms with E-state index in [9.17, 15) is 66.5 Å². The summed E-state index contributed by atoms with van der Waals surface area (Å²) in [6.45, 7) is 9.77. The first kappa shape index (κ1) is 53.0. The summed E-state index contributed by atoms with van der Waals surface area (Å²) in [6, 6.07) is -2.97. The summed E-state index contributed by atoms with van der Waals surface area (Å²) >= 11 is 0. The van der Waals surface area contributed by atoms with Crippen LogP contribution in [0.2, 0.25) is 0 Å². The molecule has 20 heteroatoms. The molecule has 0 heterocycles. The highest BCUT2D eigenvalue weighted by molar-refractivity contribution is 5.97. The molecule has 1 aromatic rings. The molecule has 0 radical (unpaired) electrons. The Morgan fingerprint density at radius 3 is 1.84 bits per heavy atom. The van der Waals surface area contributed by atoms with Crippen molar-refractivity contribution in [1.29, 1.82) is 0 Å². The molecular weight excluding hydrogens is 809 g/mol. The Bertz CT molecular complexity index is 1770. The van der Waals surface area contributed by atoms with Gasteiger partial charge in [-0.15, -0.1) is 12.3 Å². The van der Waals surface area contributed by atoms with Gasteiger partial charge < -0.3 is 46.9 Å². The second-order valence-electron chi connectivity index (χ2n) is 16.0. The molecule has 0 aliphatic rings. The number of aldehydes is 1. The molecule has 0 saturated heterocycles. The SMILES string of the molecule is C#CCCCC(=O)N[C@@H](CC(=O)O)C(=O)N[C@@H](CCC(=O)O)C(=O)N[C@@H](Cc1ccccc1C)C(=O)N[C@H](C(=O)N[C@@H](CC(C)C)C(=O)NC(C=O)CC(F)(F)F)C(C)(C)C. The zero-order valence-electron chi connectivity index (χ0n) is 35.1. The lowest BCUT2D eigenvalue weighted by Gasteiger charge is -2.34. The lowest BCUT2D eigenvalue weighted by atomic mass is 9.85. The Balaban J connectivity index is 3.55. The summed E-state index contributed by atoms with van der Waals surface area (Å²) in [6.07, 6.45) is -3.38. The summed E-state index contributed by atoms with van der Waals surface area (Å²) in [7, 11) is 0. The number of aryl methyl sites for hydroxylation is 1. The first-order chi connectivity index (χ1) is 28.3. The van der Waals surface area contributed by atoms with Crippen LogP contribution < -0.4 is 31.9 Å². The second-order valence-corrected chi connectivity index (χ2v) is 16.0. The number of carboxylic acid groups (broad SMARTS) is 2. The highest BCUT2D eigenvalue weighted by atomic mass is 19.4. The summed E-state index contributed by atoms with van der Waals surface area (Å²) in [5.74, 6) is -6.67. The van der Waals surface area contributed by atoms with E-state index < -0.39 is 121 Å². The van der Waals surface area contributed by atoms with Gasteiger partial charge in [-0.05, 0) is 48.6 Å². The van der Waals surface area contributed by atoms with Crippen molar-refractivity contribution in [3.8, 4) is 12.3 Å². The molecule has 0 aromatic heterocycles.